The Bertz CT molecular complexity index is 73.4. The van der Waals surface area contributed by atoms with E-state index in [1.807, 2.05) is 0 Å². The minimum absolute atomic E-state index is 0.536. The van der Waals surface area contributed by atoms with Gasteiger partial charge in [0, 0.05) is 0 Å². The Morgan fingerprint density at radius 2 is 1.67 bits per heavy atom. The van der Waals surface area contributed by atoms with E-state index in [4.69, 9.17) is 20.4 Å². The number of hydrogen-bond acceptors (Lipinski definition) is 4. The first-order valence-electron chi connectivity index (χ1n) is 2.74. The van der Waals surface area contributed by atoms with Crippen LogP contribution in [-0.2, 0) is 0 Å². The molecule has 0 unspecified atom stereocenters. The number of aliphatic hydroxyl groups is 4. The SMILES string of the molecule is C[C@@H](O)[C@@H](O)[C@H](O)CO. The third-order valence-electron chi connectivity index (χ3n) is 1.08. The molecule has 3 atom stereocenters. The molecule has 0 aromatic rings. The van der Waals surface area contributed by atoms with Gasteiger partial charge in [0.1, 0.15) is 12.2 Å². The monoisotopic (exact) mass is 136 g/mol. The molecule has 0 spiro atoms. The summed E-state index contributed by atoms with van der Waals surface area (Å²) in [5.74, 6) is 0. The Labute approximate surface area is 53.4 Å². The molecule has 0 amide bonds. The molecule has 0 fully saturated rings. The van der Waals surface area contributed by atoms with Gasteiger partial charge >= 0.3 is 0 Å². The van der Waals surface area contributed by atoms with Crippen molar-refractivity contribution in [2.24, 2.45) is 0 Å². The van der Waals surface area contributed by atoms with Gasteiger partial charge in [-0.3, -0.25) is 0 Å². The van der Waals surface area contributed by atoms with E-state index in [2.05, 4.69) is 0 Å². The normalized spacial score (nSPS) is 21.0. The molecule has 4 nitrogen and oxygen atoms in total. The Morgan fingerprint density at radius 1 is 1.22 bits per heavy atom. The molecule has 0 saturated heterocycles. The average molecular weight is 136 g/mol. The summed E-state index contributed by atoms with van der Waals surface area (Å²) in [5.41, 5.74) is 0. The number of aliphatic hydroxyl groups excluding tert-OH is 4. The summed E-state index contributed by atoms with van der Waals surface area (Å²) in [7, 11) is 0. The van der Waals surface area contributed by atoms with Gasteiger partial charge in [-0.05, 0) is 6.92 Å². The molecule has 4 N–H and O–H groups in total. The second-order valence-electron chi connectivity index (χ2n) is 1.98. The third kappa shape index (κ3) is 2.76. The van der Waals surface area contributed by atoms with Crippen LogP contribution in [0.25, 0.3) is 0 Å². The number of rotatable bonds is 3. The van der Waals surface area contributed by atoms with Crippen molar-refractivity contribution < 1.29 is 20.4 Å². The summed E-state index contributed by atoms with van der Waals surface area (Å²) < 4.78 is 0. The van der Waals surface area contributed by atoms with E-state index in [9.17, 15) is 0 Å². The second-order valence-corrected chi connectivity index (χ2v) is 1.98. The average Bonchev–Trinajstić information content (AvgIpc) is 1.84. The van der Waals surface area contributed by atoms with E-state index in [1.54, 1.807) is 0 Å². The highest BCUT2D eigenvalue weighted by Gasteiger charge is 2.19. The Morgan fingerprint density at radius 3 is 1.78 bits per heavy atom. The Kier molecular flexibility index (Phi) is 3.72. The second kappa shape index (κ2) is 3.79. The molecular formula is C5H12O4. The summed E-state index contributed by atoms with van der Waals surface area (Å²) >= 11 is 0. The van der Waals surface area contributed by atoms with Gasteiger partial charge in [-0.1, -0.05) is 0 Å². The van der Waals surface area contributed by atoms with Gasteiger partial charge in [0.25, 0.3) is 0 Å². The largest absolute Gasteiger partial charge is 0.394 e. The molecule has 0 heterocycles. The Balaban J connectivity index is 3.58. The van der Waals surface area contributed by atoms with Crippen LogP contribution in [-0.4, -0.2) is 45.3 Å². The van der Waals surface area contributed by atoms with Crippen molar-refractivity contribution in [3.05, 3.63) is 0 Å². The van der Waals surface area contributed by atoms with Crippen LogP contribution in [0.1, 0.15) is 6.92 Å². The predicted octanol–water partition coefficient (Wildman–Crippen LogP) is -1.92. The molecule has 0 aliphatic rings. The highest BCUT2D eigenvalue weighted by molar-refractivity contribution is 4.70. The molecule has 56 valence electrons. The zero-order valence-electron chi connectivity index (χ0n) is 5.23. The fraction of sp³-hybridized carbons (Fsp3) is 1.00. The first kappa shape index (κ1) is 8.84. The topological polar surface area (TPSA) is 80.9 Å². The molecule has 0 aromatic heterocycles. The minimum Gasteiger partial charge on any atom is -0.394 e. The van der Waals surface area contributed by atoms with Gasteiger partial charge in [-0.2, -0.15) is 0 Å². The minimum atomic E-state index is -1.25. The first-order chi connectivity index (χ1) is 4.09. The summed E-state index contributed by atoms with van der Waals surface area (Å²) in [4.78, 5) is 0. The zero-order chi connectivity index (χ0) is 7.44. The lowest BCUT2D eigenvalue weighted by Gasteiger charge is -2.17. The molecule has 9 heavy (non-hydrogen) atoms. The third-order valence-corrected chi connectivity index (χ3v) is 1.08. The van der Waals surface area contributed by atoms with E-state index < -0.39 is 24.9 Å². The van der Waals surface area contributed by atoms with Crippen molar-refractivity contribution in [1.82, 2.24) is 0 Å². The summed E-state index contributed by atoms with van der Waals surface area (Å²) in [6, 6.07) is 0. The molecule has 0 radical (unpaired) electrons. The van der Waals surface area contributed by atoms with Gasteiger partial charge in [0.15, 0.2) is 0 Å². The van der Waals surface area contributed by atoms with Crippen LogP contribution in [0.3, 0.4) is 0 Å². The van der Waals surface area contributed by atoms with Crippen LogP contribution < -0.4 is 0 Å². The molecule has 0 saturated carbocycles. The van der Waals surface area contributed by atoms with Crippen molar-refractivity contribution in [2.75, 3.05) is 6.61 Å². The summed E-state index contributed by atoms with van der Waals surface area (Å²) in [6.07, 6.45) is -3.51. The Hall–Kier alpha value is -0.160. The maximum absolute atomic E-state index is 8.73. The van der Waals surface area contributed by atoms with E-state index in [-0.39, 0.29) is 0 Å². The molecule has 0 rings (SSSR count). The fourth-order valence-electron chi connectivity index (χ4n) is 0.429. The maximum atomic E-state index is 8.73. The van der Waals surface area contributed by atoms with Crippen molar-refractivity contribution in [1.29, 1.82) is 0 Å². The van der Waals surface area contributed by atoms with Crippen LogP contribution in [0, 0.1) is 0 Å². The highest BCUT2D eigenvalue weighted by atomic mass is 16.4. The molecule has 4 heteroatoms. The molecule has 0 aromatic carbocycles. The summed E-state index contributed by atoms with van der Waals surface area (Å²) in [5, 5.41) is 34.2. The van der Waals surface area contributed by atoms with E-state index in [0.717, 1.165) is 0 Å². The van der Waals surface area contributed by atoms with E-state index >= 15 is 0 Å². The standard InChI is InChI=1S/C5H12O4/c1-3(7)5(9)4(8)2-6/h3-9H,2H2,1H3/t3-,4-,5-/m1/s1. The van der Waals surface area contributed by atoms with Gasteiger partial charge in [0.2, 0.25) is 0 Å². The predicted molar refractivity (Wildman–Crippen MR) is 30.8 cm³/mol. The van der Waals surface area contributed by atoms with Crippen LogP contribution in [0.5, 0.6) is 0 Å². The zero-order valence-corrected chi connectivity index (χ0v) is 5.23. The van der Waals surface area contributed by atoms with E-state index in [0.29, 0.717) is 0 Å². The van der Waals surface area contributed by atoms with Crippen molar-refractivity contribution >= 4 is 0 Å². The summed E-state index contributed by atoms with van der Waals surface area (Å²) in [6.45, 7) is 0.801. The molecular weight excluding hydrogens is 124 g/mol. The molecule has 0 aliphatic heterocycles. The van der Waals surface area contributed by atoms with Gasteiger partial charge < -0.3 is 20.4 Å². The number of hydrogen-bond donors (Lipinski definition) is 4. The molecule has 0 bridgehead atoms. The van der Waals surface area contributed by atoms with Crippen molar-refractivity contribution in [3.63, 3.8) is 0 Å². The van der Waals surface area contributed by atoms with Crippen LogP contribution >= 0.6 is 0 Å². The molecule has 0 aliphatic carbocycles. The highest BCUT2D eigenvalue weighted by Crippen LogP contribution is 1.97. The lowest BCUT2D eigenvalue weighted by molar-refractivity contribution is -0.0698. The quantitative estimate of drug-likeness (QED) is 0.364. The van der Waals surface area contributed by atoms with Gasteiger partial charge in [-0.25, -0.2) is 0 Å². The first-order valence-corrected chi connectivity index (χ1v) is 2.74. The van der Waals surface area contributed by atoms with E-state index in [1.165, 1.54) is 6.92 Å². The van der Waals surface area contributed by atoms with Crippen LogP contribution in [0.4, 0.5) is 0 Å². The van der Waals surface area contributed by atoms with Crippen molar-refractivity contribution in [3.8, 4) is 0 Å². The lowest BCUT2D eigenvalue weighted by Crippen LogP contribution is -2.37. The van der Waals surface area contributed by atoms with Crippen LogP contribution in [0.2, 0.25) is 0 Å². The van der Waals surface area contributed by atoms with Gasteiger partial charge in [0.05, 0.1) is 12.7 Å². The smallest absolute Gasteiger partial charge is 0.108 e. The van der Waals surface area contributed by atoms with Crippen molar-refractivity contribution in [2.45, 2.75) is 25.2 Å². The maximum Gasteiger partial charge on any atom is 0.108 e. The fourth-order valence-corrected chi connectivity index (χ4v) is 0.429. The van der Waals surface area contributed by atoms with Gasteiger partial charge in [-0.15, -0.1) is 0 Å². The van der Waals surface area contributed by atoms with Crippen LogP contribution in [0.15, 0.2) is 0 Å². The lowest BCUT2D eigenvalue weighted by atomic mass is 10.1.